The van der Waals surface area contributed by atoms with Crippen LogP contribution in [0.5, 0.6) is 11.5 Å². The molecule has 1 aromatic carbocycles. The Balaban J connectivity index is 2.86. The van der Waals surface area contributed by atoms with Gasteiger partial charge in [-0.05, 0) is 40.5 Å². The molecule has 0 heterocycles. The van der Waals surface area contributed by atoms with Crippen molar-refractivity contribution < 1.29 is 9.47 Å². The molecular weight excluding hydrogens is 270 g/mol. The number of benzene rings is 1. The third-order valence-electron chi connectivity index (χ3n) is 2.31. The van der Waals surface area contributed by atoms with Crippen LogP contribution < -0.4 is 14.8 Å². The average molecular weight is 288 g/mol. The van der Waals surface area contributed by atoms with Crippen LogP contribution in [-0.4, -0.2) is 20.8 Å². The summed E-state index contributed by atoms with van der Waals surface area (Å²) in [4.78, 5) is 0. The van der Waals surface area contributed by atoms with Gasteiger partial charge in [0, 0.05) is 6.54 Å². The summed E-state index contributed by atoms with van der Waals surface area (Å²) in [5.41, 5.74) is 1.17. The molecule has 1 aromatic rings. The quantitative estimate of drug-likeness (QED) is 0.816. The molecule has 0 aliphatic heterocycles. The van der Waals surface area contributed by atoms with Crippen molar-refractivity contribution in [3.63, 3.8) is 0 Å². The number of hydrogen-bond donors (Lipinski definition) is 1. The summed E-state index contributed by atoms with van der Waals surface area (Å²) < 4.78 is 11.5. The molecule has 4 heteroatoms. The minimum absolute atomic E-state index is 0.744. The smallest absolute Gasteiger partial charge is 0.175 e. The number of nitrogens with one attached hydrogen (secondary N) is 1. The normalized spacial score (nSPS) is 10.2. The number of hydrogen-bond acceptors (Lipinski definition) is 3. The van der Waals surface area contributed by atoms with Gasteiger partial charge in [0.1, 0.15) is 0 Å². The van der Waals surface area contributed by atoms with Gasteiger partial charge in [0.05, 0.1) is 18.7 Å². The third-order valence-corrected chi connectivity index (χ3v) is 3.18. The van der Waals surface area contributed by atoms with Crippen LogP contribution in [-0.2, 0) is 6.54 Å². The van der Waals surface area contributed by atoms with Crippen molar-refractivity contribution in [1.29, 1.82) is 0 Å². The van der Waals surface area contributed by atoms with Crippen molar-refractivity contribution in [3.05, 3.63) is 22.2 Å². The third kappa shape index (κ3) is 3.12. The van der Waals surface area contributed by atoms with Gasteiger partial charge in [-0.25, -0.2) is 0 Å². The molecule has 90 valence electrons. The Labute approximate surface area is 105 Å². The zero-order valence-electron chi connectivity index (χ0n) is 9.97. The molecule has 0 aromatic heterocycles. The fraction of sp³-hybridized carbons (Fsp3) is 0.500. The van der Waals surface area contributed by atoms with E-state index in [2.05, 4.69) is 28.2 Å². The molecule has 0 aliphatic carbocycles. The molecule has 0 fully saturated rings. The molecule has 16 heavy (non-hydrogen) atoms. The van der Waals surface area contributed by atoms with Crippen molar-refractivity contribution in [2.45, 2.75) is 19.9 Å². The first-order chi connectivity index (χ1) is 7.74. The summed E-state index contributed by atoms with van der Waals surface area (Å²) in [5.74, 6) is 1.49. The molecule has 1 rings (SSSR count). The van der Waals surface area contributed by atoms with E-state index in [0.29, 0.717) is 0 Å². The molecule has 3 nitrogen and oxygen atoms in total. The van der Waals surface area contributed by atoms with Gasteiger partial charge < -0.3 is 14.8 Å². The lowest BCUT2D eigenvalue weighted by molar-refractivity contribution is 0.352. The highest BCUT2D eigenvalue weighted by Gasteiger charge is 2.11. The zero-order chi connectivity index (χ0) is 12.0. The van der Waals surface area contributed by atoms with Crippen LogP contribution in [0.15, 0.2) is 16.6 Å². The van der Waals surface area contributed by atoms with Crippen LogP contribution >= 0.6 is 15.9 Å². The van der Waals surface area contributed by atoms with E-state index in [1.807, 2.05) is 12.1 Å². The summed E-state index contributed by atoms with van der Waals surface area (Å²) >= 11 is 3.54. The molecule has 0 saturated carbocycles. The fourth-order valence-corrected chi connectivity index (χ4v) is 2.10. The first-order valence-electron chi connectivity index (χ1n) is 5.34. The highest BCUT2D eigenvalue weighted by Crippen LogP contribution is 2.37. The summed E-state index contributed by atoms with van der Waals surface area (Å²) in [6.07, 6.45) is 1.13. The van der Waals surface area contributed by atoms with Crippen molar-refractivity contribution in [1.82, 2.24) is 5.32 Å². The van der Waals surface area contributed by atoms with Crippen LogP contribution in [0.2, 0.25) is 0 Å². The van der Waals surface area contributed by atoms with Crippen LogP contribution in [0.4, 0.5) is 0 Å². The van der Waals surface area contributed by atoms with Gasteiger partial charge in [-0.1, -0.05) is 13.0 Å². The maximum absolute atomic E-state index is 5.31. The number of halogens is 1. The Morgan fingerprint density at radius 2 is 2.00 bits per heavy atom. The zero-order valence-corrected chi connectivity index (χ0v) is 11.6. The lowest BCUT2D eigenvalue weighted by Gasteiger charge is -2.13. The van der Waals surface area contributed by atoms with Crippen LogP contribution in [0.25, 0.3) is 0 Å². The summed E-state index contributed by atoms with van der Waals surface area (Å²) in [6.45, 7) is 3.99. The van der Waals surface area contributed by atoms with Crippen LogP contribution in [0.1, 0.15) is 18.9 Å². The van der Waals surface area contributed by atoms with Crippen LogP contribution in [0, 0.1) is 0 Å². The molecule has 0 aliphatic rings. The van der Waals surface area contributed by atoms with Gasteiger partial charge in [-0.3, -0.25) is 0 Å². The van der Waals surface area contributed by atoms with Gasteiger partial charge in [-0.15, -0.1) is 0 Å². The standard InChI is InChI=1S/C12H18BrNO2/c1-4-7-14-8-9-5-6-10(15-2)12(16-3)11(9)13/h5-6,14H,4,7-8H2,1-3H3. The van der Waals surface area contributed by atoms with E-state index in [4.69, 9.17) is 9.47 Å². The molecule has 0 amide bonds. The molecule has 0 spiro atoms. The van der Waals surface area contributed by atoms with Gasteiger partial charge in [-0.2, -0.15) is 0 Å². The van der Waals surface area contributed by atoms with E-state index < -0.39 is 0 Å². The van der Waals surface area contributed by atoms with E-state index in [-0.39, 0.29) is 0 Å². The van der Waals surface area contributed by atoms with Crippen molar-refractivity contribution in [2.24, 2.45) is 0 Å². The van der Waals surface area contributed by atoms with E-state index >= 15 is 0 Å². The van der Waals surface area contributed by atoms with Crippen molar-refractivity contribution >= 4 is 15.9 Å². The van der Waals surface area contributed by atoms with Crippen molar-refractivity contribution in [2.75, 3.05) is 20.8 Å². The van der Waals surface area contributed by atoms with Gasteiger partial charge in [0.25, 0.3) is 0 Å². The van der Waals surface area contributed by atoms with Gasteiger partial charge in [0.2, 0.25) is 0 Å². The average Bonchev–Trinajstić information content (AvgIpc) is 2.31. The molecule has 0 saturated heterocycles. The predicted molar refractivity (Wildman–Crippen MR) is 69.2 cm³/mol. The van der Waals surface area contributed by atoms with Crippen molar-refractivity contribution in [3.8, 4) is 11.5 Å². The monoisotopic (exact) mass is 287 g/mol. The second-order valence-corrected chi connectivity index (χ2v) is 4.24. The van der Waals surface area contributed by atoms with Crippen LogP contribution in [0.3, 0.4) is 0 Å². The molecular formula is C12H18BrNO2. The van der Waals surface area contributed by atoms with E-state index in [1.165, 1.54) is 5.56 Å². The molecule has 0 atom stereocenters. The maximum atomic E-state index is 5.31. The van der Waals surface area contributed by atoms with Gasteiger partial charge in [0.15, 0.2) is 11.5 Å². The molecule has 0 radical (unpaired) electrons. The predicted octanol–water partition coefficient (Wildman–Crippen LogP) is 2.97. The first-order valence-corrected chi connectivity index (χ1v) is 6.14. The minimum atomic E-state index is 0.744. The highest BCUT2D eigenvalue weighted by atomic mass is 79.9. The SMILES string of the molecule is CCCNCc1ccc(OC)c(OC)c1Br. The Bertz CT molecular complexity index is 342. The maximum Gasteiger partial charge on any atom is 0.175 e. The number of rotatable bonds is 6. The summed E-state index contributed by atoms with van der Waals surface area (Å²) in [6, 6.07) is 3.96. The second kappa shape index (κ2) is 6.76. The summed E-state index contributed by atoms with van der Waals surface area (Å²) in [5, 5.41) is 3.35. The Hall–Kier alpha value is -0.740. The van der Waals surface area contributed by atoms with E-state index in [1.54, 1.807) is 14.2 Å². The fourth-order valence-electron chi connectivity index (χ4n) is 1.47. The Morgan fingerprint density at radius 1 is 1.25 bits per heavy atom. The molecule has 0 unspecified atom stereocenters. The Kier molecular flexibility index (Phi) is 5.63. The topological polar surface area (TPSA) is 30.5 Å². The molecule has 0 bridgehead atoms. The lowest BCUT2D eigenvalue weighted by atomic mass is 10.2. The van der Waals surface area contributed by atoms with E-state index in [0.717, 1.165) is 35.5 Å². The number of methoxy groups -OCH3 is 2. The Morgan fingerprint density at radius 3 is 2.56 bits per heavy atom. The van der Waals surface area contributed by atoms with E-state index in [9.17, 15) is 0 Å². The lowest BCUT2D eigenvalue weighted by Crippen LogP contribution is -2.14. The minimum Gasteiger partial charge on any atom is -0.493 e. The highest BCUT2D eigenvalue weighted by molar-refractivity contribution is 9.10. The number of ether oxygens (including phenoxy) is 2. The second-order valence-electron chi connectivity index (χ2n) is 3.45. The first kappa shape index (κ1) is 13.3. The largest absolute Gasteiger partial charge is 0.493 e. The summed E-state index contributed by atoms with van der Waals surface area (Å²) in [7, 11) is 3.28. The molecule has 1 N–H and O–H groups in total. The van der Waals surface area contributed by atoms with Gasteiger partial charge >= 0.3 is 0 Å².